The fourth-order valence-corrected chi connectivity index (χ4v) is 4.53. The Morgan fingerprint density at radius 3 is 2.33 bits per heavy atom. The Hall–Kier alpha value is -4.44. The molecule has 0 aliphatic carbocycles. The molecule has 0 fully saturated rings. The molecule has 1 amide bonds. The molecule has 5 aromatic rings. The number of aryl methyl sites for hydroxylation is 2. The summed E-state index contributed by atoms with van der Waals surface area (Å²) in [6.45, 7) is 4.50. The average molecular weight is 473 g/mol. The van der Waals surface area contributed by atoms with Crippen LogP contribution in [-0.2, 0) is 17.8 Å². The van der Waals surface area contributed by atoms with E-state index in [0.717, 1.165) is 33.0 Å². The van der Waals surface area contributed by atoms with Crippen molar-refractivity contribution < 1.29 is 9.53 Å². The number of amides is 1. The zero-order chi connectivity index (χ0) is 24.9. The predicted molar refractivity (Wildman–Crippen MR) is 148 cm³/mol. The van der Waals surface area contributed by atoms with E-state index in [0.29, 0.717) is 12.4 Å². The van der Waals surface area contributed by atoms with E-state index in [2.05, 4.69) is 53.0 Å². The summed E-state index contributed by atoms with van der Waals surface area (Å²) in [6.07, 6.45) is 1.96. The fourth-order valence-electron chi connectivity index (χ4n) is 4.53. The van der Waals surface area contributed by atoms with Gasteiger partial charge < -0.3 is 4.74 Å². The normalized spacial score (nSPS) is 11.3. The highest BCUT2D eigenvalue weighted by atomic mass is 16.5. The quantitative estimate of drug-likeness (QED) is 0.207. The van der Waals surface area contributed by atoms with Gasteiger partial charge in [-0.1, -0.05) is 96.6 Å². The summed E-state index contributed by atoms with van der Waals surface area (Å²) >= 11 is 0. The second-order valence-corrected chi connectivity index (χ2v) is 9.03. The predicted octanol–water partition coefficient (Wildman–Crippen LogP) is 6.88. The van der Waals surface area contributed by atoms with Crippen molar-refractivity contribution in [2.75, 3.05) is 0 Å². The first-order chi connectivity index (χ1) is 17.6. The lowest BCUT2D eigenvalue weighted by atomic mass is 10.0. The van der Waals surface area contributed by atoms with E-state index < -0.39 is 0 Å². The Kier molecular flexibility index (Phi) is 6.76. The third-order valence-electron chi connectivity index (χ3n) is 6.43. The van der Waals surface area contributed by atoms with E-state index in [1.165, 1.54) is 16.3 Å². The van der Waals surface area contributed by atoms with Crippen LogP contribution in [0.5, 0.6) is 5.75 Å². The molecule has 0 aromatic heterocycles. The number of benzene rings is 5. The molecule has 0 saturated carbocycles. The number of fused-ring (bicyclic) bond motifs is 2. The van der Waals surface area contributed by atoms with E-state index in [-0.39, 0.29) is 12.3 Å². The summed E-state index contributed by atoms with van der Waals surface area (Å²) in [6, 6.07) is 32.8. The molecule has 5 rings (SSSR count). The highest BCUT2D eigenvalue weighted by Gasteiger charge is 2.10. The van der Waals surface area contributed by atoms with Crippen molar-refractivity contribution in [3.8, 4) is 5.75 Å². The highest BCUT2D eigenvalue weighted by Crippen LogP contribution is 2.28. The fraction of sp³-hybridized carbons (Fsp3) is 0.125. The van der Waals surface area contributed by atoms with Gasteiger partial charge in [0.15, 0.2) is 0 Å². The van der Waals surface area contributed by atoms with Gasteiger partial charge in [-0.2, -0.15) is 5.10 Å². The van der Waals surface area contributed by atoms with Crippen molar-refractivity contribution >= 4 is 33.7 Å². The maximum atomic E-state index is 12.6. The van der Waals surface area contributed by atoms with Crippen LogP contribution in [0.1, 0.15) is 27.8 Å². The molecule has 4 nitrogen and oxygen atoms in total. The molecular formula is C32H28N2O2. The smallest absolute Gasteiger partial charge is 0.244 e. The summed E-state index contributed by atoms with van der Waals surface area (Å²) in [7, 11) is 0. The van der Waals surface area contributed by atoms with Gasteiger partial charge in [-0.25, -0.2) is 5.43 Å². The van der Waals surface area contributed by atoms with Crippen LogP contribution in [0.25, 0.3) is 21.5 Å². The number of carbonyl (C=O) groups is 1. The van der Waals surface area contributed by atoms with E-state index in [9.17, 15) is 4.79 Å². The van der Waals surface area contributed by atoms with Crippen LogP contribution < -0.4 is 10.2 Å². The molecule has 0 aliphatic heterocycles. The van der Waals surface area contributed by atoms with Crippen LogP contribution in [-0.4, -0.2) is 12.1 Å². The second kappa shape index (κ2) is 10.4. The zero-order valence-electron chi connectivity index (χ0n) is 20.5. The van der Waals surface area contributed by atoms with Crippen LogP contribution >= 0.6 is 0 Å². The molecule has 0 radical (unpaired) electrons. The van der Waals surface area contributed by atoms with Crippen LogP contribution in [0, 0.1) is 13.8 Å². The molecule has 0 heterocycles. The van der Waals surface area contributed by atoms with Gasteiger partial charge in [0.1, 0.15) is 12.4 Å². The lowest BCUT2D eigenvalue weighted by Crippen LogP contribution is -2.20. The number of nitrogens with one attached hydrogen (secondary N) is 1. The van der Waals surface area contributed by atoms with Crippen LogP contribution in [0.4, 0.5) is 0 Å². The minimum atomic E-state index is -0.156. The molecule has 0 saturated heterocycles. The average Bonchev–Trinajstić information content (AvgIpc) is 2.89. The zero-order valence-corrected chi connectivity index (χ0v) is 20.5. The summed E-state index contributed by atoms with van der Waals surface area (Å²) < 4.78 is 6.32. The standard InChI is InChI=1S/C32H28N2O2/c1-22-14-15-26(23(2)18-22)19-32(35)34-33-20-30-29-13-6-4-9-25(29)16-17-31(30)36-21-27-11-7-10-24-8-3-5-12-28(24)27/h3-18,20H,19,21H2,1-2H3,(H,34,35)/b33-20-. The Balaban J connectivity index is 1.37. The second-order valence-electron chi connectivity index (χ2n) is 9.03. The number of nitrogens with zero attached hydrogens (tertiary/aromatic N) is 1. The number of hydrazone groups is 1. The minimum Gasteiger partial charge on any atom is -0.488 e. The minimum absolute atomic E-state index is 0.156. The molecule has 1 N–H and O–H groups in total. The number of hydrogen-bond acceptors (Lipinski definition) is 3. The first-order valence-electron chi connectivity index (χ1n) is 12.1. The van der Waals surface area contributed by atoms with Crippen molar-refractivity contribution in [1.29, 1.82) is 0 Å². The Morgan fingerprint density at radius 1 is 0.806 bits per heavy atom. The van der Waals surface area contributed by atoms with Gasteiger partial charge in [0, 0.05) is 5.56 Å². The molecule has 0 aliphatic rings. The number of carbonyl (C=O) groups excluding carboxylic acids is 1. The van der Waals surface area contributed by atoms with Gasteiger partial charge in [0.05, 0.1) is 12.6 Å². The van der Waals surface area contributed by atoms with Gasteiger partial charge in [0.2, 0.25) is 5.91 Å². The Bertz CT molecular complexity index is 1580. The van der Waals surface area contributed by atoms with Gasteiger partial charge >= 0.3 is 0 Å². The van der Waals surface area contributed by atoms with Gasteiger partial charge in [-0.05, 0) is 58.1 Å². The van der Waals surface area contributed by atoms with Crippen molar-refractivity contribution in [1.82, 2.24) is 5.43 Å². The van der Waals surface area contributed by atoms with Crippen molar-refractivity contribution in [3.05, 3.63) is 125 Å². The van der Waals surface area contributed by atoms with Crippen LogP contribution in [0.2, 0.25) is 0 Å². The lowest BCUT2D eigenvalue weighted by Gasteiger charge is -2.13. The largest absolute Gasteiger partial charge is 0.488 e. The van der Waals surface area contributed by atoms with Crippen LogP contribution in [0.3, 0.4) is 0 Å². The molecular weight excluding hydrogens is 444 g/mol. The van der Waals surface area contributed by atoms with Crippen LogP contribution in [0.15, 0.2) is 102 Å². The van der Waals surface area contributed by atoms with Crippen molar-refractivity contribution in [2.24, 2.45) is 5.10 Å². The summed E-state index contributed by atoms with van der Waals surface area (Å²) in [5, 5.41) is 8.75. The molecule has 0 atom stereocenters. The molecule has 178 valence electrons. The van der Waals surface area contributed by atoms with Gasteiger partial charge in [-0.3, -0.25) is 4.79 Å². The molecule has 0 unspecified atom stereocenters. The van der Waals surface area contributed by atoms with E-state index in [4.69, 9.17) is 4.74 Å². The number of rotatable bonds is 7. The SMILES string of the molecule is Cc1ccc(CC(=O)N/N=C\c2c(OCc3cccc4ccccc34)ccc3ccccc23)c(C)c1. The highest BCUT2D eigenvalue weighted by molar-refractivity contribution is 6.02. The van der Waals surface area contributed by atoms with E-state index >= 15 is 0 Å². The van der Waals surface area contributed by atoms with Crippen molar-refractivity contribution in [2.45, 2.75) is 26.9 Å². The number of hydrogen-bond donors (Lipinski definition) is 1. The first kappa shape index (κ1) is 23.3. The van der Waals surface area contributed by atoms with E-state index in [1.807, 2.05) is 68.4 Å². The topological polar surface area (TPSA) is 50.7 Å². The van der Waals surface area contributed by atoms with Gasteiger partial charge in [0.25, 0.3) is 0 Å². The summed E-state index contributed by atoms with van der Waals surface area (Å²) in [5.74, 6) is 0.561. The molecule has 0 bridgehead atoms. The summed E-state index contributed by atoms with van der Waals surface area (Å²) in [5.41, 5.74) is 7.92. The summed E-state index contributed by atoms with van der Waals surface area (Å²) in [4.78, 5) is 12.6. The molecule has 0 spiro atoms. The maximum absolute atomic E-state index is 12.6. The Labute approximate surface area is 211 Å². The number of ether oxygens (including phenoxy) is 1. The third-order valence-corrected chi connectivity index (χ3v) is 6.43. The first-order valence-corrected chi connectivity index (χ1v) is 12.1. The third kappa shape index (κ3) is 5.13. The van der Waals surface area contributed by atoms with E-state index in [1.54, 1.807) is 6.21 Å². The molecule has 5 aromatic carbocycles. The lowest BCUT2D eigenvalue weighted by molar-refractivity contribution is -0.120. The molecule has 36 heavy (non-hydrogen) atoms. The van der Waals surface area contributed by atoms with Gasteiger partial charge in [-0.15, -0.1) is 0 Å². The Morgan fingerprint density at radius 2 is 1.53 bits per heavy atom. The monoisotopic (exact) mass is 472 g/mol. The van der Waals surface area contributed by atoms with Crippen molar-refractivity contribution in [3.63, 3.8) is 0 Å². The maximum Gasteiger partial charge on any atom is 0.244 e. The molecule has 4 heteroatoms.